The first-order chi connectivity index (χ1) is 16.1. The summed E-state index contributed by atoms with van der Waals surface area (Å²) < 4.78 is 17.9. The minimum Gasteiger partial charge on any atom is -0.497 e. The van der Waals surface area contributed by atoms with Crippen LogP contribution in [-0.4, -0.2) is 70.1 Å². The average molecular weight is 475 g/mol. The minimum atomic E-state index is -0.615. The first-order valence-corrected chi connectivity index (χ1v) is 11.2. The Morgan fingerprint density at radius 3 is 2.53 bits per heavy atom. The fourth-order valence-electron chi connectivity index (χ4n) is 3.88. The van der Waals surface area contributed by atoms with E-state index in [1.807, 2.05) is 26.8 Å². The lowest BCUT2D eigenvalue weighted by Crippen LogP contribution is -2.36. The highest BCUT2D eigenvalue weighted by Gasteiger charge is 2.30. The predicted octanol–water partition coefficient (Wildman–Crippen LogP) is 2.81. The van der Waals surface area contributed by atoms with Gasteiger partial charge in [-0.15, -0.1) is 0 Å². The smallest absolute Gasteiger partial charge is 0.410 e. The number of amides is 2. The maximum Gasteiger partial charge on any atom is 0.410 e. The van der Waals surface area contributed by atoms with Crippen LogP contribution >= 0.6 is 0 Å². The van der Waals surface area contributed by atoms with Gasteiger partial charge in [0.25, 0.3) is 5.91 Å². The van der Waals surface area contributed by atoms with Gasteiger partial charge in [0.1, 0.15) is 17.1 Å². The Morgan fingerprint density at radius 1 is 1.18 bits per heavy atom. The molecule has 2 heterocycles. The van der Waals surface area contributed by atoms with E-state index >= 15 is 0 Å². The van der Waals surface area contributed by atoms with E-state index < -0.39 is 11.7 Å². The number of hydrogen-bond acceptors (Lipinski definition) is 7. The second kappa shape index (κ2) is 10.3. The molecule has 1 aliphatic heterocycles. The summed E-state index contributed by atoms with van der Waals surface area (Å²) in [5.74, 6) is 0.936. The Hall–Kier alpha value is -3.27. The molecule has 0 atom stereocenters. The third-order valence-electron chi connectivity index (χ3n) is 5.57. The maximum atomic E-state index is 13.3. The van der Waals surface area contributed by atoms with Gasteiger partial charge in [-0.05, 0) is 39.3 Å². The number of rotatable bonds is 6. The second-order valence-electron chi connectivity index (χ2n) is 9.25. The molecule has 2 amide bonds. The first-order valence-electron chi connectivity index (χ1n) is 11.2. The highest BCUT2D eigenvalue weighted by molar-refractivity contribution is 5.94. The van der Waals surface area contributed by atoms with Gasteiger partial charge in [-0.1, -0.05) is 0 Å². The van der Waals surface area contributed by atoms with Crippen molar-refractivity contribution in [2.45, 2.75) is 59.0 Å². The Kier molecular flexibility index (Phi) is 7.71. The third-order valence-corrected chi connectivity index (χ3v) is 5.57. The highest BCUT2D eigenvalue weighted by atomic mass is 16.6. The van der Waals surface area contributed by atoms with Gasteiger partial charge in [0.15, 0.2) is 5.69 Å². The first kappa shape index (κ1) is 25.4. The lowest BCUT2D eigenvalue weighted by atomic mass is 10.1. The number of ether oxygens (including phenoxy) is 3. The number of methoxy groups -OCH3 is 2. The number of carbonyl (C=O) groups is 2. The zero-order valence-electron chi connectivity index (χ0n) is 20.8. The van der Waals surface area contributed by atoms with E-state index in [2.05, 4.69) is 5.10 Å². The van der Waals surface area contributed by atoms with Crippen LogP contribution in [0.15, 0.2) is 18.2 Å². The predicted molar refractivity (Wildman–Crippen MR) is 125 cm³/mol. The lowest BCUT2D eigenvalue weighted by Gasteiger charge is -2.26. The number of aryl methyl sites for hydroxylation is 1. The summed E-state index contributed by atoms with van der Waals surface area (Å²) in [6.07, 6.45) is 0.230. The molecule has 0 spiro atoms. The molecule has 1 N–H and O–H groups in total. The van der Waals surface area contributed by atoms with Gasteiger partial charge in [-0.25, -0.2) is 4.79 Å². The normalized spacial score (nSPS) is 13.7. The Morgan fingerprint density at radius 2 is 1.91 bits per heavy atom. The van der Waals surface area contributed by atoms with Crippen molar-refractivity contribution in [2.24, 2.45) is 0 Å². The van der Waals surface area contributed by atoms with E-state index in [9.17, 15) is 14.7 Å². The monoisotopic (exact) mass is 474 g/mol. The van der Waals surface area contributed by atoms with E-state index in [1.54, 1.807) is 43.0 Å². The fourth-order valence-corrected chi connectivity index (χ4v) is 3.88. The molecule has 186 valence electrons. The Labute approximate surface area is 200 Å². The van der Waals surface area contributed by atoms with Crippen molar-refractivity contribution in [1.29, 1.82) is 0 Å². The number of benzene rings is 1. The maximum absolute atomic E-state index is 13.3. The molecule has 0 unspecified atom stereocenters. The van der Waals surface area contributed by atoms with E-state index in [-0.39, 0.29) is 31.3 Å². The fraction of sp³-hybridized carbons (Fsp3) is 0.542. The molecule has 34 heavy (non-hydrogen) atoms. The molecule has 0 fully saturated rings. The van der Waals surface area contributed by atoms with Gasteiger partial charge < -0.3 is 29.1 Å². The zero-order chi connectivity index (χ0) is 25.0. The van der Waals surface area contributed by atoms with Crippen molar-refractivity contribution in [1.82, 2.24) is 19.6 Å². The second-order valence-corrected chi connectivity index (χ2v) is 9.25. The number of nitrogens with zero attached hydrogens (tertiary/aromatic N) is 4. The molecule has 0 saturated carbocycles. The van der Waals surface area contributed by atoms with Crippen LogP contribution in [0.25, 0.3) is 0 Å². The van der Waals surface area contributed by atoms with Crippen LogP contribution in [-0.2, 0) is 31.0 Å². The highest BCUT2D eigenvalue weighted by Crippen LogP contribution is 2.27. The summed E-state index contributed by atoms with van der Waals surface area (Å²) in [5.41, 5.74) is 1.44. The quantitative estimate of drug-likeness (QED) is 0.686. The Balaban J connectivity index is 1.84. The van der Waals surface area contributed by atoms with Gasteiger partial charge >= 0.3 is 6.09 Å². The number of hydrogen-bond donors (Lipinski definition) is 1. The van der Waals surface area contributed by atoms with Crippen LogP contribution in [0.1, 0.15) is 54.5 Å². The number of fused-ring (bicyclic) bond motifs is 1. The Bertz CT molecular complexity index is 1040. The number of aliphatic hydroxyl groups is 1. The number of aromatic nitrogens is 2. The standard InChI is InChI=1S/C24H34N4O6/c1-24(2,3)34-23(31)27-10-7-11-28-19(14-27)18(15-29)21(25-28)22(30)26(4)13-16-8-9-17(32-5)12-20(16)33-6/h8-9,12,29H,7,10-11,13-15H2,1-6H3. The molecule has 3 rings (SSSR count). The van der Waals surface area contributed by atoms with Crippen LogP contribution < -0.4 is 9.47 Å². The summed E-state index contributed by atoms with van der Waals surface area (Å²) in [6.45, 7) is 6.61. The molecule has 0 bridgehead atoms. The summed E-state index contributed by atoms with van der Waals surface area (Å²) >= 11 is 0. The van der Waals surface area contributed by atoms with Crippen molar-refractivity contribution in [3.63, 3.8) is 0 Å². The van der Waals surface area contributed by atoms with Gasteiger partial charge in [0.05, 0.1) is 33.1 Å². The molecule has 1 aromatic heterocycles. The average Bonchev–Trinajstić information content (AvgIpc) is 2.99. The molecule has 10 heteroatoms. The SMILES string of the molecule is COc1ccc(CN(C)C(=O)c2nn3c(c2CO)CN(C(=O)OC(C)(C)C)CCC3)c(OC)c1. The molecule has 0 aliphatic carbocycles. The van der Waals surface area contributed by atoms with Crippen LogP contribution in [0, 0.1) is 0 Å². The van der Waals surface area contributed by atoms with Gasteiger partial charge in [0, 0.05) is 43.9 Å². The van der Waals surface area contributed by atoms with E-state index in [4.69, 9.17) is 14.2 Å². The molecule has 1 aromatic carbocycles. The number of aliphatic hydroxyl groups excluding tert-OH is 1. The molecule has 2 aromatic rings. The van der Waals surface area contributed by atoms with E-state index in [0.717, 1.165) is 5.56 Å². The van der Waals surface area contributed by atoms with Crippen LogP contribution in [0.4, 0.5) is 4.79 Å². The zero-order valence-corrected chi connectivity index (χ0v) is 20.8. The van der Waals surface area contributed by atoms with Gasteiger partial charge in [-0.2, -0.15) is 5.10 Å². The minimum absolute atomic E-state index is 0.179. The topological polar surface area (TPSA) is 106 Å². The molecular formula is C24H34N4O6. The largest absolute Gasteiger partial charge is 0.497 e. The molecule has 1 aliphatic rings. The molecular weight excluding hydrogens is 440 g/mol. The molecule has 0 radical (unpaired) electrons. The number of carbonyl (C=O) groups excluding carboxylic acids is 2. The summed E-state index contributed by atoms with van der Waals surface area (Å²) in [4.78, 5) is 29.1. The van der Waals surface area contributed by atoms with E-state index in [1.165, 1.54) is 4.90 Å². The van der Waals surface area contributed by atoms with Crippen molar-refractivity contribution in [3.05, 3.63) is 40.7 Å². The van der Waals surface area contributed by atoms with Crippen molar-refractivity contribution in [2.75, 3.05) is 27.8 Å². The van der Waals surface area contributed by atoms with Crippen molar-refractivity contribution < 1.29 is 28.9 Å². The van der Waals surface area contributed by atoms with Gasteiger partial charge in [-0.3, -0.25) is 9.48 Å². The summed E-state index contributed by atoms with van der Waals surface area (Å²) in [5, 5.41) is 14.7. The summed E-state index contributed by atoms with van der Waals surface area (Å²) in [7, 11) is 4.81. The van der Waals surface area contributed by atoms with Crippen LogP contribution in [0.5, 0.6) is 11.5 Å². The van der Waals surface area contributed by atoms with Crippen LogP contribution in [0.3, 0.4) is 0 Å². The van der Waals surface area contributed by atoms with Crippen LogP contribution in [0.2, 0.25) is 0 Å². The third kappa shape index (κ3) is 5.61. The molecule has 0 saturated heterocycles. The lowest BCUT2D eigenvalue weighted by molar-refractivity contribution is 0.0235. The molecule has 10 nitrogen and oxygen atoms in total. The van der Waals surface area contributed by atoms with Gasteiger partial charge in [0.2, 0.25) is 0 Å². The van der Waals surface area contributed by atoms with E-state index in [0.29, 0.717) is 42.3 Å². The van der Waals surface area contributed by atoms with Crippen molar-refractivity contribution in [3.8, 4) is 11.5 Å². The summed E-state index contributed by atoms with van der Waals surface area (Å²) in [6, 6.07) is 5.41. The van der Waals surface area contributed by atoms with Crippen molar-refractivity contribution >= 4 is 12.0 Å².